The van der Waals surface area contributed by atoms with Gasteiger partial charge in [-0.05, 0) is 30.3 Å². The molecule has 1 N–H and O–H groups in total. The summed E-state index contributed by atoms with van der Waals surface area (Å²) in [5.74, 6) is -1.68. The zero-order chi connectivity index (χ0) is 14.7. The molecule has 0 amide bonds. The van der Waals surface area contributed by atoms with Crippen LogP contribution in [-0.4, -0.2) is 11.1 Å². The van der Waals surface area contributed by atoms with Crippen LogP contribution in [0.5, 0.6) is 11.5 Å². The Hall–Kier alpha value is -2.58. The Bertz CT molecular complexity index is 725. The molecule has 0 radical (unpaired) electrons. The SMILES string of the molecule is N#Cc1c(F)cccc1Oc1ccc(C(=O)O)cc1Cl. The van der Waals surface area contributed by atoms with Gasteiger partial charge in [-0.3, -0.25) is 0 Å². The molecule has 2 aromatic carbocycles. The van der Waals surface area contributed by atoms with Crippen molar-refractivity contribution in [1.29, 1.82) is 5.26 Å². The third-order valence-electron chi connectivity index (χ3n) is 2.49. The van der Waals surface area contributed by atoms with Gasteiger partial charge in [0.2, 0.25) is 0 Å². The number of carbonyl (C=O) groups is 1. The molecule has 0 saturated carbocycles. The molecule has 2 rings (SSSR count). The predicted octanol–water partition coefficient (Wildman–Crippen LogP) is 3.84. The van der Waals surface area contributed by atoms with E-state index in [-0.39, 0.29) is 27.6 Å². The normalized spacial score (nSPS) is 9.85. The van der Waals surface area contributed by atoms with E-state index in [1.54, 1.807) is 6.07 Å². The van der Waals surface area contributed by atoms with E-state index < -0.39 is 11.8 Å². The third-order valence-corrected chi connectivity index (χ3v) is 2.78. The van der Waals surface area contributed by atoms with Gasteiger partial charge in [0.25, 0.3) is 0 Å². The van der Waals surface area contributed by atoms with Crippen molar-refractivity contribution < 1.29 is 19.0 Å². The van der Waals surface area contributed by atoms with Gasteiger partial charge in [0.05, 0.1) is 10.6 Å². The largest absolute Gasteiger partial charge is 0.478 e. The lowest BCUT2D eigenvalue weighted by Crippen LogP contribution is -1.97. The minimum atomic E-state index is -1.12. The number of aromatic carboxylic acids is 1. The van der Waals surface area contributed by atoms with Crippen LogP contribution in [0.3, 0.4) is 0 Å². The van der Waals surface area contributed by atoms with Crippen LogP contribution in [0, 0.1) is 17.1 Å². The number of nitrogens with zero attached hydrogens (tertiary/aromatic N) is 1. The quantitative estimate of drug-likeness (QED) is 0.932. The highest BCUT2D eigenvalue weighted by atomic mass is 35.5. The standard InChI is InChI=1S/C14H7ClFNO3/c15-10-6-8(14(18)19)4-5-13(10)20-12-3-1-2-11(16)9(12)7-17/h1-6H,(H,18,19). The number of benzene rings is 2. The smallest absolute Gasteiger partial charge is 0.335 e. The maximum atomic E-state index is 13.4. The molecular formula is C14H7ClFNO3. The molecule has 0 heterocycles. The molecule has 4 nitrogen and oxygen atoms in total. The molecule has 0 aliphatic carbocycles. The number of hydrogen-bond donors (Lipinski definition) is 1. The summed E-state index contributed by atoms with van der Waals surface area (Å²) in [6.45, 7) is 0. The van der Waals surface area contributed by atoms with E-state index in [9.17, 15) is 9.18 Å². The highest BCUT2D eigenvalue weighted by Crippen LogP contribution is 2.32. The van der Waals surface area contributed by atoms with Gasteiger partial charge in [-0.15, -0.1) is 0 Å². The van der Waals surface area contributed by atoms with Gasteiger partial charge in [-0.25, -0.2) is 9.18 Å². The van der Waals surface area contributed by atoms with Crippen LogP contribution in [-0.2, 0) is 0 Å². The molecule has 0 aromatic heterocycles. The first-order valence-corrected chi connectivity index (χ1v) is 5.80. The summed E-state index contributed by atoms with van der Waals surface area (Å²) in [7, 11) is 0. The summed E-state index contributed by atoms with van der Waals surface area (Å²) in [4.78, 5) is 10.8. The van der Waals surface area contributed by atoms with Crippen molar-refractivity contribution in [2.24, 2.45) is 0 Å². The van der Waals surface area contributed by atoms with Gasteiger partial charge in [-0.2, -0.15) is 5.26 Å². The molecule has 0 fully saturated rings. The van der Waals surface area contributed by atoms with Gasteiger partial charge in [0.15, 0.2) is 0 Å². The van der Waals surface area contributed by atoms with Crippen LogP contribution >= 0.6 is 11.6 Å². The molecule has 0 bridgehead atoms. The molecule has 20 heavy (non-hydrogen) atoms. The lowest BCUT2D eigenvalue weighted by Gasteiger charge is -2.09. The Labute approximate surface area is 118 Å². The fraction of sp³-hybridized carbons (Fsp3) is 0. The zero-order valence-electron chi connectivity index (χ0n) is 9.93. The maximum absolute atomic E-state index is 13.4. The Kier molecular flexibility index (Phi) is 3.87. The number of nitriles is 1. The lowest BCUT2D eigenvalue weighted by atomic mass is 10.2. The first-order chi connectivity index (χ1) is 9.52. The van der Waals surface area contributed by atoms with E-state index in [4.69, 9.17) is 26.7 Å². The van der Waals surface area contributed by atoms with Crippen molar-refractivity contribution in [3.05, 3.63) is 58.4 Å². The van der Waals surface area contributed by atoms with Crippen molar-refractivity contribution in [2.75, 3.05) is 0 Å². The molecule has 6 heteroatoms. The average Bonchev–Trinajstić information content (AvgIpc) is 2.41. The van der Waals surface area contributed by atoms with Crippen molar-refractivity contribution in [3.63, 3.8) is 0 Å². The summed E-state index contributed by atoms with van der Waals surface area (Å²) in [6.07, 6.45) is 0. The third kappa shape index (κ3) is 2.71. The summed E-state index contributed by atoms with van der Waals surface area (Å²) in [5.41, 5.74) is -0.243. The lowest BCUT2D eigenvalue weighted by molar-refractivity contribution is 0.0697. The van der Waals surface area contributed by atoms with Gasteiger partial charge < -0.3 is 9.84 Å². The van der Waals surface area contributed by atoms with Gasteiger partial charge in [0.1, 0.15) is 28.9 Å². The van der Waals surface area contributed by atoms with Crippen molar-refractivity contribution in [1.82, 2.24) is 0 Å². The van der Waals surface area contributed by atoms with E-state index in [0.717, 1.165) is 6.07 Å². The molecule has 0 atom stereocenters. The van der Waals surface area contributed by atoms with Crippen LogP contribution < -0.4 is 4.74 Å². The van der Waals surface area contributed by atoms with Crippen LogP contribution in [0.25, 0.3) is 0 Å². The Morgan fingerprint density at radius 2 is 2.05 bits per heavy atom. The highest BCUT2D eigenvalue weighted by molar-refractivity contribution is 6.32. The number of hydrogen-bond acceptors (Lipinski definition) is 3. The van der Waals surface area contributed by atoms with Crippen molar-refractivity contribution in [2.45, 2.75) is 0 Å². The highest BCUT2D eigenvalue weighted by Gasteiger charge is 2.13. The topological polar surface area (TPSA) is 70.3 Å². The Balaban J connectivity index is 2.39. The van der Waals surface area contributed by atoms with Gasteiger partial charge >= 0.3 is 5.97 Å². The average molecular weight is 292 g/mol. The fourth-order valence-corrected chi connectivity index (χ4v) is 1.75. The number of rotatable bonds is 3. The summed E-state index contributed by atoms with van der Waals surface area (Å²) >= 11 is 5.89. The molecule has 0 aliphatic heterocycles. The molecule has 0 spiro atoms. The molecule has 0 unspecified atom stereocenters. The number of carboxylic acids is 1. The maximum Gasteiger partial charge on any atom is 0.335 e. The number of halogens is 2. The molecule has 0 aliphatic rings. The molecule has 0 saturated heterocycles. The first kappa shape index (κ1) is 13.8. The Morgan fingerprint density at radius 1 is 1.30 bits per heavy atom. The summed E-state index contributed by atoms with van der Waals surface area (Å²) in [6, 6.07) is 9.51. The minimum absolute atomic E-state index is 0.00194. The van der Waals surface area contributed by atoms with Crippen LogP contribution in [0.1, 0.15) is 15.9 Å². The second-order valence-electron chi connectivity index (χ2n) is 3.78. The van der Waals surface area contributed by atoms with Crippen LogP contribution in [0.2, 0.25) is 5.02 Å². The molecular weight excluding hydrogens is 285 g/mol. The van der Waals surface area contributed by atoms with Crippen LogP contribution in [0.15, 0.2) is 36.4 Å². The zero-order valence-corrected chi connectivity index (χ0v) is 10.7. The first-order valence-electron chi connectivity index (χ1n) is 5.42. The number of carboxylic acid groups (broad SMARTS) is 1. The fourth-order valence-electron chi connectivity index (χ4n) is 1.53. The summed E-state index contributed by atoms with van der Waals surface area (Å²) < 4.78 is 18.8. The van der Waals surface area contributed by atoms with Crippen molar-refractivity contribution >= 4 is 17.6 Å². The number of ether oxygens (including phenoxy) is 1. The van der Waals surface area contributed by atoms with E-state index in [1.807, 2.05) is 0 Å². The second-order valence-corrected chi connectivity index (χ2v) is 4.18. The second kappa shape index (κ2) is 5.59. The minimum Gasteiger partial charge on any atom is -0.478 e. The van der Waals surface area contributed by atoms with E-state index in [1.165, 1.54) is 30.3 Å². The van der Waals surface area contributed by atoms with E-state index in [2.05, 4.69) is 0 Å². The summed E-state index contributed by atoms with van der Waals surface area (Å²) in [5, 5.41) is 17.8. The van der Waals surface area contributed by atoms with Crippen molar-refractivity contribution in [3.8, 4) is 17.6 Å². The monoisotopic (exact) mass is 291 g/mol. The predicted molar refractivity (Wildman–Crippen MR) is 69.6 cm³/mol. The molecule has 2 aromatic rings. The van der Waals surface area contributed by atoms with E-state index in [0.29, 0.717) is 0 Å². The Morgan fingerprint density at radius 3 is 2.65 bits per heavy atom. The van der Waals surface area contributed by atoms with Gasteiger partial charge in [0, 0.05) is 0 Å². The van der Waals surface area contributed by atoms with Crippen LogP contribution in [0.4, 0.5) is 4.39 Å². The van der Waals surface area contributed by atoms with E-state index >= 15 is 0 Å². The molecule has 100 valence electrons. The van der Waals surface area contributed by atoms with Gasteiger partial charge in [-0.1, -0.05) is 17.7 Å².